The lowest BCUT2D eigenvalue weighted by Crippen LogP contribution is -2.56. The van der Waals surface area contributed by atoms with Gasteiger partial charge in [-0.25, -0.2) is 4.39 Å². The van der Waals surface area contributed by atoms with Gasteiger partial charge in [0, 0.05) is 18.8 Å². The van der Waals surface area contributed by atoms with Crippen molar-refractivity contribution in [2.45, 2.75) is 33.0 Å². The highest BCUT2D eigenvalue weighted by Gasteiger charge is 2.41. The van der Waals surface area contributed by atoms with Crippen molar-refractivity contribution in [3.05, 3.63) is 24.0 Å². The highest BCUT2D eigenvalue weighted by molar-refractivity contribution is 6.09. The van der Waals surface area contributed by atoms with E-state index in [2.05, 4.69) is 5.32 Å². The van der Waals surface area contributed by atoms with Crippen LogP contribution in [0.4, 0.5) is 28.9 Å². The van der Waals surface area contributed by atoms with Crippen LogP contribution in [0, 0.1) is 11.2 Å². The Balaban J connectivity index is 2.26. The summed E-state index contributed by atoms with van der Waals surface area (Å²) in [7, 11) is 0. The monoisotopic (exact) mass is 462 g/mol. The molecule has 8 nitrogen and oxygen atoms in total. The van der Waals surface area contributed by atoms with Gasteiger partial charge in [-0.2, -0.15) is 13.2 Å². The number of nitrogens with zero attached hydrogens (tertiary/aromatic N) is 2. The first-order valence-electron chi connectivity index (χ1n) is 9.76. The van der Waals surface area contributed by atoms with Crippen molar-refractivity contribution in [2.75, 3.05) is 43.1 Å². The minimum atomic E-state index is -4.70. The van der Waals surface area contributed by atoms with Crippen molar-refractivity contribution in [2.24, 2.45) is 11.1 Å². The van der Waals surface area contributed by atoms with Crippen LogP contribution in [-0.4, -0.2) is 67.7 Å². The maximum absolute atomic E-state index is 14.6. The van der Waals surface area contributed by atoms with E-state index in [-0.39, 0.29) is 43.6 Å². The Morgan fingerprint density at radius 2 is 1.91 bits per heavy atom. The first-order valence-corrected chi connectivity index (χ1v) is 9.76. The predicted octanol–water partition coefficient (Wildman–Crippen LogP) is 1.89. The zero-order valence-corrected chi connectivity index (χ0v) is 18.0. The number of alkyl halides is 3. The van der Waals surface area contributed by atoms with Crippen LogP contribution in [-0.2, 0) is 19.1 Å². The van der Waals surface area contributed by atoms with Crippen LogP contribution in [0.3, 0.4) is 0 Å². The number of nitrogens with one attached hydrogen (secondary N) is 1. The maximum Gasteiger partial charge on any atom is 0.401 e. The van der Waals surface area contributed by atoms with E-state index in [0.717, 1.165) is 12.1 Å². The number of ether oxygens (including phenoxy) is 1. The first kappa shape index (κ1) is 25.5. The topological polar surface area (TPSA) is 105 Å². The molecule has 12 heteroatoms. The van der Waals surface area contributed by atoms with Crippen molar-refractivity contribution < 1.29 is 36.7 Å². The van der Waals surface area contributed by atoms with Crippen LogP contribution in [0.1, 0.15) is 20.8 Å². The van der Waals surface area contributed by atoms with E-state index in [4.69, 9.17) is 10.5 Å². The lowest BCUT2D eigenvalue weighted by molar-refractivity contribution is -0.159. The van der Waals surface area contributed by atoms with E-state index in [0.29, 0.717) is 4.90 Å². The van der Waals surface area contributed by atoms with E-state index >= 15 is 0 Å². The molecule has 1 atom stereocenters. The second kappa shape index (κ2) is 9.82. The molecule has 1 fully saturated rings. The normalized spacial score (nSPS) is 16.2. The predicted molar refractivity (Wildman–Crippen MR) is 108 cm³/mol. The highest BCUT2D eigenvalue weighted by atomic mass is 19.4. The molecule has 0 saturated carbocycles. The number of hydrogen-bond acceptors (Lipinski definition) is 5. The molecule has 0 radical (unpaired) electrons. The number of primary amides is 1. The smallest absolute Gasteiger partial charge is 0.370 e. The molecule has 0 spiro atoms. The SMILES string of the molecule is CC(C)(C)CN(CC(F)(F)F)[C@H](C(N)=O)C(=O)Nc1ccc(N2CCOCC2=O)cc1F. The van der Waals surface area contributed by atoms with E-state index in [9.17, 15) is 31.9 Å². The number of carbonyl (C=O) groups excluding carboxylic acids is 3. The summed E-state index contributed by atoms with van der Waals surface area (Å²) in [5, 5.41) is 2.13. The zero-order chi connectivity index (χ0) is 24.3. The van der Waals surface area contributed by atoms with Crippen molar-refractivity contribution in [3.8, 4) is 0 Å². The number of rotatable bonds is 7. The van der Waals surface area contributed by atoms with Crippen LogP contribution in [0.5, 0.6) is 0 Å². The molecule has 0 unspecified atom stereocenters. The van der Waals surface area contributed by atoms with Crippen molar-refractivity contribution >= 4 is 29.1 Å². The van der Waals surface area contributed by atoms with E-state index in [1.54, 1.807) is 20.8 Å². The molecule has 1 heterocycles. The summed E-state index contributed by atoms with van der Waals surface area (Å²) >= 11 is 0. The Morgan fingerprint density at radius 1 is 1.25 bits per heavy atom. The maximum atomic E-state index is 14.6. The number of carbonyl (C=O) groups is 3. The minimum Gasteiger partial charge on any atom is -0.370 e. The average Bonchev–Trinajstić information content (AvgIpc) is 2.61. The van der Waals surface area contributed by atoms with Gasteiger partial charge in [0.25, 0.3) is 11.8 Å². The van der Waals surface area contributed by atoms with Crippen LogP contribution < -0.4 is 16.0 Å². The van der Waals surface area contributed by atoms with Crippen molar-refractivity contribution in [3.63, 3.8) is 0 Å². The average molecular weight is 462 g/mol. The molecule has 2 rings (SSSR count). The third-order valence-corrected chi connectivity index (χ3v) is 4.45. The molecule has 0 aliphatic carbocycles. The number of halogens is 4. The molecule has 1 aliphatic heterocycles. The van der Waals surface area contributed by atoms with Gasteiger partial charge in [0.15, 0.2) is 6.04 Å². The second-order valence-corrected chi connectivity index (χ2v) is 8.64. The fraction of sp³-hybridized carbons (Fsp3) is 0.550. The molecule has 0 aromatic heterocycles. The minimum absolute atomic E-state index is 0.150. The van der Waals surface area contributed by atoms with Gasteiger partial charge in [-0.1, -0.05) is 20.8 Å². The van der Waals surface area contributed by atoms with Gasteiger partial charge in [-0.3, -0.25) is 19.3 Å². The van der Waals surface area contributed by atoms with E-state index in [1.807, 2.05) is 0 Å². The quantitative estimate of drug-likeness (QED) is 0.476. The molecule has 32 heavy (non-hydrogen) atoms. The Hall–Kier alpha value is -2.73. The number of nitrogens with two attached hydrogens (primary N) is 1. The molecule has 1 aromatic carbocycles. The third-order valence-electron chi connectivity index (χ3n) is 4.45. The zero-order valence-electron chi connectivity index (χ0n) is 18.0. The standard InChI is InChI=1S/C20H26F4N4O4/c1-19(2,3)10-27(11-20(22,23)24)16(17(25)30)18(31)26-14-5-4-12(8-13(14)21)28-6-7-32-9-15(28)29/h4-5,8,16H,6-7,9-11H2,1-3H3,(H2,25,30)(H,26,31)/t16-/m1/s1. The highest BCUT2D eigenvalue weighted by Crippen LogP contribution is 2.26. The number of morpholine rings is 1. The molecule has 3 N–H and O–H groups in total. The van der Waals surface area contributed by atoms with Crippen molar-refractivity contribution in [1.82, 2.24) is 4.90 Å². The van der Waals surface area contributed by atoms with Crippen molar-refractivity contribution in [1.29, 1.82) is 0 Å². The van der Waals surface area contributed by atoms with Crippen LogP contribution in [0.15, 0.2) is 18.2 Å². The molecule has 178 valence electrons. The molecule has 1 aromatic rings. The fourth-order valence-electron chi connectivity index (χ4n) is 3.32. The summed E-state index contributed by atoms with van der Waals surface area (Å²) in [6.07, 6.45) is -4.70. The van der Waals surface area contributed by atoms with Crippen LogP contribution in [0.25, 0.3) is 0 Å². The summed E-state index contributed by atoms with van der Waals surface area (Å²) in [5.74, 6) is -3.80. The van der Waals surface area contributed by atoms with Gasteiger partial charge in [-0.15, -0.1) is 0 Å². The summed E-state index contributed by atoms with van der Waals surface area (Å²) in [5.41, 5.74) is 4.41. The van der Waals surface area contributed by atoms with Gasteiger partial charge < -0.3 is 20.7 Å². The van der Waals surface area contributed by atoms with Gasteiger partial charge in [0.05, 0.1) is 18.8 Å². The molecular formula is C20H26F4N4O4. The van der Waals surface area contributed by atoms with Gasteiger partial charge >= 0.3 is 6.18 Å². The summed E-state index contributed by atoms with van der Waals surface area (Å²) in [4.78, 5) is 38.4. The molecule has 1 saturated heterocycles. The Morgan fingerprint density at radius 3 is 2.41 bits per heavy atom. The lowest BCUT2D eigenvalue weighted by Gasteiger charge is -2.34. The molecule has 0 bridgehead atoms. The molecule has 3 amide bonds. The van der Waals surface area contributed by atoms with Gasteiger partial charge in [-0.05, 0) is 23.6 Å². The van der Waals surface area contributed by atoms with E-state index < -0.39 is 41.8 Å². The van der Waals surface area contributed by atoms with Gasteiger partial charge in [0.2, 0.25) is 5.91 Å². The lowest BCUT2D eigenvalue weighted by atomic mass is 9.95. The van der Waals surface area contributed by atoms with Gasteiger partial charge in [0.1, 0.15) is 12.4 Å². The van der Waals surface area contributed by atoms with E-state index in [1.165, 1.54) is 11.0 Å². The number of amides is 3. The number of benzene rings is 1. The molecular weight excluding hydrogens is 436 g/mol. The second-order valence-electron chi connectivity index (χ2n) is 8.64. The fourth-order valence-corrected chi connectivity index (χ4v) is 3.32. The third kappa shape index (κ3) is 7.16. The largest absolute Gasteiger partial charge is 0.401 e. The van der Waals surface area contributed by atoms with Crippen LogP contribution in [0.2, 0.25) is 0 Å². The Labute approximate surface area is 182 Å². The number of anilines is 2. The Kier molecular flexibility index (Phi) is 7.83. The first-order chi connectivity index (χ1) is 14.7. The molecule has 1 aliphatic rings. The summed E-state index contributed by atoms with van der Waals surface area (Å²) < 4.78 is 58.9. The van der Waals surface area contributed by atoms with Crippen LogP contribution >= 0.6 is 0 Å². The summed E-state index contributed by atoms with van der Waals surface area (Å²) in [6, 6.07) is 1.54. The Bertz CT molecular complexity index is 854. The number of hydrogen-bond donors (Lipinski definition) is 2. The summed E-state index contributed by atoms with van der Waals surface area (Å²) in [6.45, 7) is 3.43.